The van der Waals surface area contributed by atoms with Gasteiger partial charge in [-0.3, -0.25) is 9.59 Å². The molecule has 44 heavy (non-hydrogen) atoms. The van der Waals surface area contributed by atoms with Crippen molar-refractivity contribution in [2.75, 3.05) is 23.9 Å². The molecule has 0 saturated carbocycles. The van der Waals surface area contributed by atoms with E-state index in [1.54, 1.807) is 11.4 Å². The molecule has 0 aromatic heterocycles. The number of ether oxygens (including phenoxy) is 2. The number of rotatable bonds is 9. The number of carbonyl (C=O) groups excluding carboxylic acids is 2. The van der Waals surface area contributed by atoms with Gasteiger partial charge < -0.3 is 19.7 Å². The van der Waals surface area contributed by atoms with E-state index in [0.29, 0.717) is 0 Å². The van der Waals surface area contributed by atoms with Gasteiger partial charge in [0.15, 0.2) is 11.6 Å². The van der Waals surface area contributed by atoms with Crippen LogP contribution >= 0.6 is 11.6 Å². The normalized spacial score (nSPS) is 12.2. The Labute approximate surface area is 247 Å². The van der Waals surface area contributed by atoms with Gasteiger partial charge in [-0.2, -0.15) is 35.1 Å². The van der Waals surface area contributed by atoms with E-state index < -0.39 is 75.5 Å². The zero-order chi connectivity index (χ0) is 33.2. The first-order chi connectivity index (χ1) is 20.4. The standard InChI is InChI=1S/C27H19ClF10N2O4/c1-3-40(23(42)14-7-4-5-10-18(14)43-2)17-9-6-8-15(20(17)29)22(41)39-21-16(28)11-13(12-19(21)44-24(30)31)25(32,26(33,34)35)27(36,37)38/h4-12,24H,3H2,1-2H3,(H,39,41). The van der Waals surface area contributed by atoms with Crippen LogP contribution in [0.5, 0.6) is 11.5 Å². The molecule has 17 heteroatoms. The molecule has 0 heterocycles. The highest BCUT2D eigenvalue weighted by Crippen LogP contribution is 2.55. The average molecular weight is 661 g/mol. The Morgan fingerprint density at radius 2 is 1.50 bits per heavy atom. The monoisotopic (exact) mass is 660 g/mol. The lowest BCUT2D eigenvalue weighted by Crippen LogP contribution is -2.50. The number of nitrogens with one attached hydrogen (secondary N) is 1. The highest BCUT2D eigenvalue weighted by atomic mass is 35.5. The summed E-state index contributed by atoms with van der Waals surface area (Å²) in [4.78, 5) is 27.2. The SMILES string of the molecule is CCN(C(=O)c1ccccc1OC)c1cccc(C(=O)Nc2c(Cl)cc(C(F)(C(F)(F)F)C(F)(F)F)cc2OC(F)F)c1F. The first-order valence-electron chi connectivity index (χ1n) is 12.0. The van der Waals surface area contributed by atoms with Gasteiger partial charge in [-0.15, -0.1) is 0 Å². The average Bonchev–Trinajstić information content (AvgIpc) is 2.93. The van der Waals surface area contributed by atoms with E-state index in [9.17, 15) is 49.1 Å². The molecule has 3 rings (SSSR count). The second-order valence-electron chi connectivity index (χ2n) is 8.71. The maximum absolute atomic E-state index is 15.6. The number of methoxy groups -OCH3 is 1. The molecule has 0 saturated heterocycles. The van der Waals surface area contributed by atoms with Gasteiger partial charge >= 0.3 is 24.6 Å². The van der Waals surface area contributed by atoms with Crippen LogP contribution in [-0.2, 0) is 5.67 Å². The fourth-order valence-electron chi connectivity index (χ4n) is 4.05. The minimum atomic E-state index is -6.63. The third kappa shape index (κ3) is 6.49. The topological polar surface area (TPSA) is 67.9 Å². The molecule has 0 unspecified atom stereocenters. The zero-order valence-electron chi connectivity index (χ0n) is 22.2. The Balaban J connectivity index is 2.08. The number of carbonyl (C=O) groups is 2. The number of hydrogen-bond acceptors (Lipinski definition) is 4. The number of alkyl halides is 9. The smallest absolute Gasteiger partial charge is 0.435 e. The van der Waals surface area contributed by atoms with Crippen molar-refractivity contribution in [3.8, 4) is 11.5 Å². The lowest BCUT2D eigenvalue weighted by Gasteiger charge is -2.31. The Hall–Kier alpha value is -4.21. The second kappa shape index (κ2) is 12.8. The summed E-state index contributed by atoms with van der Waals surface area (Å²) < 4.78 is 145. The summed E-state index contributed by atoms with van der Waals surface area (Å²) in [5.41, 5.74) is -10.8. The Kier molecular flexibility index (Phi) is 9.97. The fourth-order valence-corrected chi connectivity index (χ4v) is 4.31. The summed E-state index contributed by atoms with van der Waals surface area (Å²) in [7, 11) is 1.29. The number of hydrogen-bond donors (Lipinski definition) is 1. The van der Waals surface area contributed by atoms with Gasteiger partial charge in [-0.25, -0.2) is 8.78 Å². The fraction of sp³-hybridized carbons (Fsp3) is 0.259. The predicted octanol–water partition coefficient (Wildman–Crippen LogP) is 8.30. The maximum Gasteiger partial charge on any atom is 0.435 e. The van der Waals surface area contributed by atoms with Gasteiger partial charge in [0.05, 0.1) is 28.9 Å². The minimum absolute atomic E-state index is 0.0217. The molecule has 0 atom stereocenters. The number of para-hydroxylation sites is 1. The first-order valence-corrected chi connectivity index (χ1v) is 12.4. The van der Waals surface area contributed by atoms with Crippen LogP contribution < -0.4 is 19.7 Å². The van der Waals surface area contributed by atoms with E-state index in [4.69, 9.17) is 16.3 Å². The van der Waals surface area contributed by atoms with Crippen LogP contribution in [0, 0.1) is 5.82 Å². The summed E-state index contributed by atoms with van der Waals surface area (Å²) in [6, 6.07) is 8.46. The van der Waals surface area contributed by atoms with E-state index in [2.05, 4.69) is 4.74 Å². The van der Waals surface area contributed by atoms with Crippen LogP contribution in [0.4, 0.5) is 55.3 Å². The van der Waals surface area contributed by atoms with Gasteiger partial charge in [0, 0.05) is 12.1 Å². The largest absolute Gasteiger partial charge is 0.496 e. The van der Waals surface area contributed by atoms with Crippen LogP contribution in [0.3, 0.4) is 0 Å². The van der Waals surface area contributed by atoms with E-state index in [1.165, 1.54) is 32.2 Å². The third-order valence-electron chi connectivity index (χ3n) is 6.10. The molecule has 0 bridgehead atoms. The molecule has 2 amide bonds. The molecular formula is C27H19ClF10N2O4. The van der Waals surface area contributed by atoms with E-state index >= 15 is 4.39 Å². The Morgan fingerprint density at radius 1 is 0.909 bits per heavy atom. The molecule has 238 valence electrons. The molecule has 0 aliphatic heterocycles. The maximum atomic E-state index is 15.6. The van der Waals surface area contributed by atoms with Crippen LogP contribution in [0.1, 0.15) is 33.2 Å². The number of nitrogens with zero attached hydrogens (tertiary/aromatic N) is 1. The highest BCUT2D eigenvalue weighted by molar-refractivity contribution is 6.34. The van der Waals surface area contributed by atoms with Crippen molar-refractivity contribution in [2.24, 2.45) is 0 Å². The quantitative estimate of drug-likeness (QED) is 0.235. The molecule has 0 radical (unpaired) electrons. The Morgan fingerprint density at radius 3 is 2.05 bits per heavy atom. The van der Waals surface area contributed by atoms with Crippen molar-refractivity contribution in [1.29, 1.82) is 0 Å². The van der Waals surface area contributed by atoms with E-state index in [1.807, 2.05) is 0 Å². The third-order valence-corrected chi connectivity index (χ3v) is 6.40. The molecular weight excluding hydrogens is 642 g/mol. The number of benzene rings is 3. The van der Waals surface area contributed by atoms with Crippen molar-refractivity contribution in [3.63, 3.8) is 0 Å². The molecule has 0 aliphatic rings. The molecule has 0 spiro atoms. The second-order valence-corrected chi connectivity index (χ2v) is 9.11. The molecule has 0 aliphatic carbocycles. The van der Waals surface area contributed by atoms with Gasteiger partial charge in [0.25, 0.3) is 11.8 Å². The molecule has 3 aromatic rings. The summed E-state index contributed by atoms with van der Waals surface area (Å²) in [5, 5.41) is 0.492. The number of halogens is 11. The molecule has 6 nitrogen and oxygen atoms in total. The van der Waals surface area contributed by atoms with Crippen molar-refractivity contribution in [3.05, 3.63) is 82.1 Å². The summed E-state index contributed by atoms with van der Waals surface area (Å²) >= 11 is 5.74. The van der Waals surface area contributed by atoms with Gasteiger partial charge in [-0.05, 0) is 43.3 Å². The Bertz CT molecular complexity index is 1530. The van der Waals surface area contributed by atoms with Crippen LogP contribution in [0.15, 0.2) is 54.6 Å². The van der Waals surface area contributed by atoms with E-state index in [0.717, 1.165) is 23.1 Å². The molecule has 1 N–H and O–H groups in total. The van der Waals surface area contributed by atoms with Crippen LogP contribution in [-0.4, -0.2) is 44.4 Å². The van der Waals surface area contributed by atoms with Gasteiger partial charge in [0.2, 0.25) is 0 Å². The predicted molar refractivity (Wildman–Crippen MR) is 138 cm³/mol. The zero-order valence-corrected chi connectivity index (χ0v) is 23.0. The molecule has 3 aromatic carbocycles. The number of anilines is 2. The summed E-state index contributed by atoms with van der Waals surface area (Å²) in [6.07, 6.45) is -13.3. The van der Waals surface area contributed by atoms with Crippen molar-refractivity contribution in [1.82, 2.24) is 0 Å². The van der Waals surface area contributed by atoms with Gasteiger partial charge in [-0.1, -0.05) is 29.8 Å². The molecule has 0 fully saturated rings. The van der Waals surface area contributed by atoms with Crippen LogP contribution in [0.2, 0.25) is 5.02 Å². The van der Waals surface area contributed by atoms with E-state index in [-0.39, 0.29) is 30.0 Å². The van der Waals surface area contributed by atoms with Gasteiger partial charge in [0.1, 0.15) is 11.4 Å². The summed E-state index contributed by atoms with van der Waals surface area (Å²) in [6.45, 7) is -2.56. The summed E-state index contributed by atoms with van der Waals surface area (Å²) in [5.74, 6) is -5.04. The first kappa shape index (κ1) is 34.3. The lowest BCUT2D eigenvalue weighted by atomic mass is 9.93. The lowest BCUT2D eigenvalue weighted by molar-refractivity contribution is -0.348. The highest BCUT2D eigenvalue weighted by Gasteiger charge is 2.73. The van der Waals surface area contributed by atoms with Crippen LogP contribution in [0.25, 0.3) is 0 Å². The van der Waals surface area contributed by atoms with Crippen molar-refractivity contribution >= 4 is 34.8 Å². The van der Waals surface area contributed by atoms with Crippen molar-refractivity contribution < 1.29 is 63.0 Å². The minimum Gasteiger partial charge on any atom is -0.496 e. The number of amides is 2. The van der Waals surface area contributed by atoms with Crippen molar-refractivity contribution in [2.45, 2.75) is 31.6 Å².